The number of aromatic nitrogens is 1. The molecule has 1 aromatic heterocycles. The Labute approximate surface area is 123 Å². The molecule has 0 spiro atoms. The highest BCUT2D eigenvalue weighted by atomic mass is 35.5. The van der Waals surface area contributed by atoms with Gasteiger partial charge in [0.1, 0.15) is 0 Å². The maximum Gasteiger partial charge on any atom is 0.0991 e. The quantitative estimate of drug-likeness (QED) is 0.807. The first kappa shape index (κ1) is 13.4. The largest absolute Gasteiger partial charge is 0.302 e. The van der Waals surface area contributed by atoms with Crippen molar-refractivity contribution in [3.63, 3.8) is 0 Å². The van der Waals surface area contributed by atoms with Crippen LogP contribution in [0.5, 0.6) is 0 Å². The van der Waals surface area contributed by atoms with Crippen LogP contribution in [-0.2, 0) is 19.4 Å². The Kier molecular flexibility index (Phi) is 3.37. The Morgan fingerprint density at radius 2 is 2.25 bits per heavy atom. The van der Waals surface area contributed by atoms with Gasteiger partial charge in [-0.15, -0.1) is 0 Å². The maximum atomic E-state index is 9.17. The van der Waals surface area contributed by atoms with E-state index in [0.29, 0.717) is 5.56 Å². The third-order valence-electron chi connectivity index (χ3n) is 3.95. The highest BCUT2D eigenvalue weighted by Gasteiger charge is 2.21. The van der Waals surface area contributed by atoms with Crippen molar-refractivity contribution >= 4 is 22.5 Å². The highest BCUT2D eigenvalue weighted by molar-refractivity contribution is 6.36. The maximum absolute atomic E-state index is 9.17. The molecule has 0 aliphatic carbocycles. The molecule has 0 radical (unpaired) electrons. The van der Waals surface area contributed by atoms with E-state index in [1.165, 1.54) is 0 Å². The van der Waals surface area contributed by atoms with Crippen molar-refractivity contribution in [2.24, 2.45) is 0 Å². The van der Waals surface area contributed by atoms with Crippen LogP contribution in [0.2, 0.25) is 5.02 Å². The van der Waals surface area contributed by atoms with Gasteiger partial charge in [-0.2, -0.15) is 5.26 Å². The lowest BCUT2D eigenvalue weighted by molar-refractivity contribution is 0.310. The van der Waals surface area contributed by atoms with Crippen LogP contribution in [-0.4, -0.2) is 23.5 Å². The minimum atomic E-state index is 0.655. The summed E-state index contributed by atoms with van der Waals surface area (Å²) in [6.45, 7) is 3.92. The van der Waals surface area contributed by atoms with Crippen molar-refractivity contribution in [1.82, 2.24) is 9.88 Å². The summed E-state index contributed by atoms with van der Waals surface area (Å²) in [6, 6.07) is 6.00. The zero-order chi connectivity index (χ0) is 14.3. The zero-order valence-electron chi connectivity index (χ0n) is 11.7. The molecular weight excluding hydrogens is 270 g/mol. The van der Waals surface area contributed by atoms with Crippen LogP contribution in [0.4, 0.5) is 0 Å². The van der Waals surface area contributed by atoms with Crippen LogP contribution in [0, 0.1) is 11.3 Å². The Hall–Kier alpha value is -1.63. The van der Waals surface area contributed by atoms with E-state index in [-0.39, 0.29) is 0 Å². The van der Waals surface area contributed by atoms with Gasteiger partial charge in [-0.1, -0.05) is 18.5 Å². The van der Waals surface area contributed by atoms with Crippen LogP contribution < -0.4 is 0 Å². The normalized spacial score (nSPS) is 15.1. The van der Waals surface area contributed by atoms with Gasteiger partial charge < -0.3 is 4.90 Å². The number of hydrogen-bond donors (Lipinski definition) is 0. The summed E-state index contributed by atoms with van der Waals surface area (Å²) in [6.07, 6.45) is 1.79. The monoisotopic (exact) mass is 285 g/mol. The van der Waals surface area contributed by atoms with Crippen LogP contribution in [0.1, 0.15) is 29.3 Å². The molecule has 4 heteroatoms. The average molecular weight is 286 g/mol. The van der Waals surface area contributed by atoms with E-state index in [2.05, 4.69) is 24.9 Å². The molecule has 0 saturated heterocycles. The van der Waals surface area contributed by atoms with Gasteiger partial charge in [-0.05, 0) is 31.2 Å². The van der Waals surface area contributed by atoms with E-state index in [4.69, 9.17) is 21.8 Å². The van der Waals surface area contributed by atoms with Gasteiger partial charge in [0.2, 0.25) is 0 Å². The van der Waals surface area contributed by atoms with E-state index in [0.717, 1.165) is 58.7 Å². The van der Waals surface area contributed by atoms with Crippen molar-refractivity contribution in [2.45, 2.75) is 26.3 Å². The molecule has 0 atom stereocenters. The lowest BCUT2D eigenvalue weighted by atomic mass is 9.98. The molecule has 0 bridgehead atoms. The zero-order valence-corrected chi connectivity index (χ0v) is 12.5. The summed E-state index contributed by atoms with van der Waals surface area (Å²) >= 11 is 6.61. The Morgan fingerprint density at radius 1 is 1.45 bits per heavy atom. The van der Waals surface area contributed by atoms with E-state index in [1.807, 2.05) is 12.1 Å². The molecule has 102 valence electrons. The standard InChI is InChI=1S/C16H16ClN3/c1-3-11-6-10(8-18)7-12-15(17)13-9-20(2)5-4-14(13)19-16(11)12/h6-7H,3-5,9H2,1-2H3. The molecule has 1 aliphatic heterocycles. The summed E-state index contributed by atoms with van der Waals surface area (Å²) in [7, 11) is 2.09. The van der Waals surface area contributed by atoms with Gasteiger partial charge in [-0.25, -0.2) is 0 Å². The van der Waals surface area contributed by atoms with E-state index in [9.17, 15) is 0 Å². The van der Waals surface area contributed by atoms with Gasteiger partial charge in [0.15, 0.2) is 0 Å². The molecular formula is C16H16ClN3. The number of nitriles is 1. The molecule has 0 unspecified atom stereocenters. The number of nitrogens with zero attached hydrogens (tertiary/aromatic N) is 3. The molecule has 0 fully saturated rings. The minimum Gasteiger partial charge on any atom is -0.302 e. The van der Waals surface area contributed by atoms with Crippen molar-refractivity contribution in [3.05, 3.63) is 39.5 Å². The third-order valence-corrected chi connectivity index (χ3v) is 4.39. The SMILES string of the molecule is CCc1cc(C#N)cc2c(Cl)c3c(nc12)CCN(C)C3. The first-order valence-electron chi connectivity index (χ1n) is 6.86. The van der Waals surface area contributed by atoms with E-state index >= 15 is 0 Å². The minimum absolute atomic E-state index is 0.655. The van der Waals surface area contributed by atoms with E-state index < -0.39 is 0 Å². The fourth-order valence-corrected chi connectivity index (χ4v) is 3.15. The molecule has 0 N–H and O–H groups in total. The average Bonchev–Trinajstić information content (AvgIpc) is 2.47. The number of likely N-dealkylation sites (N-methyl/N-ethyl adjacent to an activating group) is 1. The Bertz CT molecular complexity index is 731. The molecule has 3 nitrogen and oxygen atoms in total. The topological polar surface area (TPSA) is 39.9 Å². The Balaban J connectivity index is 2.34. The first-order chi connectivity index (χ1) is 9.63. The van der Waals surface area contributed by atoms with Crippen molar-refractivity contribution in [3.8, 4) is 6.07 Å². The number of hydrogen-bond acceptors (Lipinski definition) is 3. The van der Waals surface area contributed by atoms with Crippen LogP contribution in [0.15, 0.2) is 12.1 Å². The molecule has 20 heavy (non-hydrogen) atoms. The van der Waals surface area contributed by atoms with Crippen LogP contribution in [0.3, 0.4) is 0 Å². The predicted octanol–water partition coefficient (Wildman–Crippen LogP) is 3.31. The molecule has 2 aromatic rings. The van der Waals surface area contributed by atoms with Crippen LogP contribution in [0.25, 0.3) is 10.9 Å². The van der Waals surface area contributed by atoms with Gasteiger partial charge in [0.25, 0.3) is 0 Å². The summed E-state index contributed by atoms with van der Waals surface area (Å²) in [4.78, 5) is 7.08. The predicted molar refractivity (Wildman–Crippen MR) is 80.9 cm³/mol. The molecule has 0 amide bonds. The summed E-state index contributed by atoms with van der Waals surface area (Å²) in [5.74, 6) is 0. The second-order valence-corrected chi connectivity index (χ2v) is 5.71. The van der Waals surface area contributed by atoms with Gasteiger partial charge in [0.05, 0.1) is 22.2 Å². The molecule has 0 saturated carbocycles. The first-order valence-corrected chi connectivity index (χ1v) is 7.24. The molecule has 1 aliphatic rings. The van der Waals surface area contributed by atoms with Gasteiger partial charge in [0, 0.05) is 36.2 Å². The third kappa shape index (κ3) is 2.06. The fourth-order valence-electron chi connectivity index (χ4n) is 2.83. The van der Waals surface area contributed by atoms with Crippen molar-refractivity contribution in [2.75, 3.05) is 13.6 Å². The molecule has 3 rings (SSSR count). The number of pyridine rings is 1. The Morgan fingerprint density at radius 3 is 2.95 bits per heavy atom. The highest BCUT2D eigenvalue weighted by Crippen LogP contribution is 2.33. The summed E-state index contributed by atoms with van der Waals surface area (Å²) in [5.41, 5.74) is 4.94. The van der Waals surface area contributed by atoms with Gasteiger partial charge >= 0.3 is 0 Å². The van der Waals surface area contributed by atoms with Gasteiger partial charge in [-0.3, -0.25) is 4.98 Å². The number of benzene rings is 1. The lowest BCUT2D eigenvalue weighted by Gasteiger charge is -2.26. The smallest absolute Gasteiger partial charge is 0.0991 e. The summed E-state index contributed by atoms with van der Waals surface area (Å²) in [5, 5.41) is 10.8. The molecule has 1 aromatic carbocycles. The summed E-state index contributed by atoms with van der Waals surface area (Å²) < 4.78 is 0. The van der Waals surface area contributed by atoms with E-state index in [1.54, 1.807) is 0 Å². The number of fused-ring (bicyclic) bond motifs is 2. The van der Waals surface area contributed by atoms with Crippen molar-refractivity contribution < 1.29 is 0 Å². The number of rotatable bonds is 1. The second kappa shape index (κ2) is 5.05. The molecule has 2 heterocycles. The number of aryl methyl sites for hydroxylation is 1. The van der Waals surface area contributed by atoms with Crippen LogP contribution >= 0.6 is 11.6 Å². The van der Waals surface area contributed by atoms with Crippen molar-refractivity contribution in [1.29, 1.82) is 5.26 Å². The fraction of sp³-hybridized carbons (Fsp3) is 0.375. The second-order valence-electron chi connectivity index (χ2n) is 5.34. The lowest BCUT2D eigenvalue weighted by Crippen LogP contribution is -2.27. The number of halogens is 1.